The zero-order valence-corrected chi connectivity index (χ0v) is 9.99. The number of carbonyl (C=O) groups is 1. The minimum atomic E-state index is -0.233. The molecule has 0 saturated heterocycles. The molecule has 0 saturated carbocycles. The van der Waals surface area contributed by atoms with Gasteiger partial charge in [0.25, 0.3) is 0 Å². The van der Waals surface area contributed by atoms with Crippen molar-refractivity contribution in [1.82, 2.24) is 9.97 Å². The number of nitrogen functional groups attached to an aromatic ring is 1. The van der Waals surface area contributed by atoms with E-state index in [9.17, 15) is 4.79 Å². The molecule has 0 bridgehead atoms. The van der Waals surface area contributed by atoms with Gasteiger partial charge in [-0.05, 0) is 13.8 Å². The highest BCUT2D eigenvalue weighted by Gasteiger charge is 2.04. The van der Waals surface area contributed by atoms with Crippen LogP contribution in [0.1, 0.15) is 18.9 Å². The number of aromatic nitrogens is 2. The number of aryl methyl sites for hydroxylation is 1. The molecule has 17 heavy (non-hydrogen) atoms. The van der Waals surface area contributed by atoms with Crippen LogP contribution in [0, 0.1) is 6.92 Å². The molecule has 1 aromatic rings. The Morgan fingerprint density at radius 3 is 3.00 bits per heavy atom. The minimum Gasteiger partial charge on any atom is -0.466 e. The predicted octanol–water partition coefficient (Wildman–Crippen LogP) is 0.436. The van der Waals surface area contributed by atoms with Crippen molar-refractivity contribution in [3.63, 3.8) is 0 Å². The fourth-order valence-corrected chi connectivity index (χ4v) is 1.21. The Hall–Kier alpha value is -1.89. The molecular formula is C10H17N5O2. The molecule has 0 fully saturated rings. The average Bonchev–Trinajstić information content (AvgIpc) is 2.32. The largest absolute Gasteiger partial charge is 0.466 e. The van der Waals surface area contributed by atoms with E-state index >= 15 is 0 Å². The summed E-state index contributed by atoms with van der Waals surface area (Å²) in [7, 11) is 0. The molecule has 7 heteroatoms. The Kier molecular flexibility index (Phi) is 5.15. The van der Waals surface area contributed by atoms with Crippen molar-refractivity contribution in [3.05, 3.63) is 11.8 Å². The maximum absolute atomic E-state index is 11.1. The first kappa shape index (κ1) is 13.2. The van der Waals surface area contributed by atoms with Gasteiger partial charge in [0, 0.05) is 18.3 Å². The third-order valence-corrected chi connectivity index (χ3v) is 2.03. The Labute approximate surface area is 99.7 Å². The van der Waals surface area contributed by atoms with Gasteiger partial charge in [0.15, 0.2) is 0 Å². The summed E-state index contributed by atoms with van der Waals surface area (Å²) in [5, 5.41) is 3.03. The van der Waals surface area contributed by atoms with E-state index in [0.29, 0.717) is 31.3 Å². The lowest BCUT2D eigenvalue weighted by Crippen LogP contribution is -2.15. The van der Waals surface area contributed by atoms with Gasteiger partial charge in [-0.1, -0.05) is 0 Å². The second-order valence-electron chi connectivity index (χ2n) is 3.35. The molecule has 1 aromatic heterocycles. The van der Waals surface area contributed by atoms with E-state index in [0.717, 1.165) is 5.56 Å². The highest BCUT2D eigenvalue weighted by atomic mass is 16.5. The van der Waals surface area contributed by atoms with Crippen LogP contribution in [-0.4, -0.2) is 29.1 Å². The molecule has 94 valence electrons. The highest BCUT2D eigenvalue weighted by molar-refractivity contribution is 5.70. The smallest absolute Gasteiger partial charge is 0.307 e. The number of ether oxygens (including phenoxy) is 1. The number of anilines is 2. The van der Waals surface area contributed by atoms with Gasteiger partial charge in [-0.2, -0.15) is 4.98 Å². The molecule has 0 aliphatic carbocycles. The van der Waals surface area contributed by atoms with Gasteiger partial charge in [0.2, 0.25) is 5.95 Å². The monoisotopic (exact) mass is 239 g/mol. The molecule has 1 heterocycles. The van der Waals surface area contributed by atoms with Crippen LogP contribution in [0.2, 0.25) is 0 Å². The fourth-order valence-electron chi connectivity index (χ4n) is 1.21. The molecule has 1 rings (SSSR count). The van der Waals surface area contributed by atoms with Crippen LogP contribution in [0.15, 0.2) is 6.20 Å². The molecule has 0 aromatic carbocycles. The van der Waals surface area contributed by atoms with E-state index in [4.69, 9.17) is 10.6 Å². The third kappa shape index (κ3) is 4.23. The summed E-state index contributed by atoms with van der Waals surface area (Å²) in [4.78, 5) is 19.2. The van der Waals surface area contributed by atoms with Gasteiger partial charge in [-0.25, -0.2) is 10.8 Å². The zero-order valence-electron chi connectivity index (χ0n) is 9.99. The average molecular weight is 239 g/mol. The summed E-state index contributed by atoms with van der Waals surface area (Å²) >= 11 is 0. The van der Waals surface area contributed by atoms with Gasteiger partial charge >= 0.3 is 5.97 Å². The number of hydrogen-bond donors (Lipinski definition) is 3. The zero-order chi connectivity index (χ0) is 12.7. The first-order valence-electron chi connectivity index (χ1n) is 5.37. The van der Waals surface area contributed by atoms with E-state index in [1.807, 2.05) is 6.92 Å². The lowest BCUT2D eigenvalue weighted by atomic mass is 10.3. The fraction of sp³-hybridized carbons (Fsp3) is 0.500. The molecular weight excluding hydrogens is 222 g/mol. The van der Waals surface area contributed by atoms with E-state index in [2.05, 4.69) is 20.7 Å². The van der Waals surface area contributed by atoms with Crippen LogP contribution in [0.25, 0.3) is 0 Å². The summed E-state index contributed by atoms with van der Waals surface area (Å²) in [6.45, 7) is 4.50. The Bertz CT molecular complexity index is 383. The second-order valence-corrected chi connectivity index (χ2v) is 3.35. The SMILES string of the molecule is CCOC(=O)CCNc1nc(NN)ncc1C. The Morgan fingerprint density at radius 2 is 2.35 bits per heavy atom. The van der Waals surface area contributed by atoms with Gasteiger partial charge in [0.05, 0.1) is 13.0 Å². The van der Waals surface area contributed by atoms with Gasteiger partial charge in [0.1, 0.15) is 5.82 Å². The van der Waals surface area contributed by atoms with Crippen molar-refractivity contribution < 1.29 is 9.53 Å². The lowest BCUT2D eigenvalue weighted by molar-refractivity contribution is -0.142. The second kappa shape index (κ2) is 6.64. The van der Waals surface area contributed by atoms with Gasteiger partial charge in [-0.3, -0.25) is 10.2 Å². The topological polar surface area (TPSA) is 102 Å². The first-order valence-corrected chi connectivity index (χ1v) is 5.37. The van der Waals surface area contributed by atoms with Crippen molar-refractivity contribution in [2.24, 2.45) is 5.84 Å². The van der Waals surface area contributed by atoms with Crippen LogP contribution in [0.4, 0.5) is 11.8 Å². The van der Waals surface area contributed by atoms with Crippen LogP contribution in [0.3, 0.4) is 0 Å². The lowest BCUT2D eigenvalue weighted by Gasteiger charge is -2.09. The number of nitrogens with one attached hydrogen (secondary N) is 2. The number of rotatable bonds is 6. The molecule has 7 nitrogen and oxygen atoms in total. The maximum Gasteiger partial charge on any atom is 0.307 e. The van der Waals surface area contributed by atoms with Crippen LogP contribution in [0.5, 0.6) is 0 Å². The van der Waals surface area contributed by atoms with E-state index in [1.54, 1.807) is 13.1 Å². The van der Waals surface area contributed by atoms with Crippen LogP contribution < -0.4 is 16.6 Å². The molecule has 0 atom stereocenters. The van der Waals surface area contributed by atoms with Crippen molar-refractivity contribution in [3.8, 4) is 0 Å². The van der Waals surface area contributed by atoms with Crippen molar-refractivity contribution in [1.29, 1.82) is 0 Å². The highest BCUT2D eigenvalue weighted by Crippen LogP contribution is 2.11. The first-order chi connectivity index (χ1) is 8.17. The quantitative estimate of drug-likeness (QED) is 0.376. The number of nitrogens with two attached hydrogens (primary N) is 1. The van der Waals surface area contributed by atoms with Crippen molar-refractivity contribution >= 4 is 17.7 Å². The molecule has 0 aliphatic heterocycles. The van der Waals surface area contributed by atoms with Gasteiger partial charge < -0.3 is 10.1 Å². The normalized spacial score (nSPS) is 9.82. The molecule has 0 aliphatic rings. The Balaban J connectivity index is 2.48. The number of carbonyl (C=O) groups excluding carboxylic acids is 1. The molecule has 0 amide bonds. The number of hydrogen-bond acceptors (Lipinski definition) is 7. The molecule has 0 unspecified atom stereocenters. The van der Waals surface area contributed by atoms with Crippen molar-refractivity contribution in [2.75, 3.05) is 23.9 Å². The number of nitrogens with zero attached hydrogens (tertiary/aromatic N) is 2. The van der Waals surface area contributed by atoms with E-state index in [1.165, 1.54) is 0 Å². The Morgan fingerprint density at radius 1 is 1.59 bits per heavy atom. The summed E-state index contributed by atoms with van der Waals surface area (Å²) < 4.78 is 4.81. The van der Waals surface area contributed by atoms with E-state index in [-0.39, 0.29) is 5.97 Å². The molecule has 0 radical (unpaired) electrons. The standard InChI is InChI=1S/C10H17N5O2/c1-3-17-8(16)4-5-12-9-7(2)6-13-10(14-9)15-11/h6H,3-5,11H2,1-2H3,(H2,12,13,14,15). The van der Waals surface area contributed by atoms with Gasteiger partial charge in [-0.15, -0.1) is 0 Å². The maximum atomic E-state index is 11.1. The molecule has 0 spiro atoms. The summed E-state index contributed by atoms with van der Waals surface area (Å²) in [5.74, 6) is 5.95. The molecule has 4 N–H and O–H groups in total. The van der Waals surface area contributed by atoms with Crippen molar-refractivity contribution in [2.45, 2.75) is 20.3 Å². The van der Waals surface area contributed by atoms with E-state index < -0.39 is 0 Å². The summed E-state index contributed by atoms with van der Waals surface area (Å²) in [6.07, 6.45) is 1.94. The minimum absolute atomic E-state index is 0.233. The predicted molar refractivity (Wildman–Crippen MR) is 64.3 cm³/mol. The summed E-state index contributed by atoms with van der Waals surface area (Å²) in [6, 6.07) is 0. The third-order valence-electron chi connectivity index (χ3n) is 2.03. The number of esters is 1. The van der Waals surface area contributed by atoms with Crippen LogP contribution in [-0.2, 0) is 9.53 Å². The number of hydrazine groups is 1. The summed E-state index contributed by atoms with van der Waals surface area (Å²) in [5.41, 5.74) is 3.24. The van der Waals surface area contributed by atoms with Crippen LogP contribution >= 0.6 is 0 Å².